The third kappa shape index (κ3) is 1.85. The molecule has 1 aliphatic carbocycles. The molecule has 0 bridgehead atoms. The van der Waals surface area contributed by atoms with Gasteiger partial charge in [-0.15, -0.1) is 0 Å². The number of carbonyl (C=O) groups excluding carboxylic acids is 1. The molecular formula is C17H14O2. The summed E-state index contributed by atoms with van der Waals surface area (Å²) in [5, 5.41) is 2.49. The summed E-state index contributed by atoms with van der Waals surface area (Å²) in [6, 6.07) is 12.5. The van der Waals surface area contributed by atoms with E-state index in [9.17, 15) is 4.79 Å². The third-order valence-corrected chi connectivity index (χ3v) is 3.44. The van der Waals surface area contributed by atoms with Crippen LogP contribution in [0.2, 0.25) is 0 Å². The minimum absolute atomic E-state index is 0.288. The summed E-state index contributed by atoms with van der Waals surface area (Å²) in [6.07, 6.45) is 4.00. The van der Waals surface area contributed by atoms with Crippen LogP contribution in [0, 0.1) is 0 Å². The first-order valence-electron chi connectivity index (χ1n) is 6.21. The maximum atomic E-state index is 11.5. The number of rotatable bonds is 2. The maximum absolute atomic E-state index is 11.5. The van der Waals surface area contributed by atoms with Crippen molar-refractivity contribution in [3.63, 3.8) is 0 Å². The van der Waals surface area contributed by atoms with Crippen molar-refractivity contribution >= 4 is 28.4 Å². The van der Waals surface area contributed by atoms with E-state index in [4.69, 9.17) is 4.74 Å². The minimum atomic E-state index is -0.288. The van der Waals surface area contributed by atoms with Gasteiger partial charge < -0.3 is 4.74 Å². The average Bonchev–Trinajstić information content (AvgIpc) is 2.79. The predicted octanol–water partition coefficient (Wildman–Crippen LogP) is 3.81. The zero-order valence-corrected chi connectivity index (χ0v) is 10.9. The second kappa shape index (κ2) is 4.39. The molecular weight excluding hydrogens is 236 g/mol. The Bertz CT molecular complexity index is 731. The van der Waals surface area contributed by atoms with Gasteiger partial charge in [0.1, 0.15) is 0 Å². The van der Waals surface area contributed by atoms with Crippen molar-refractivity contribution in [1.29, 1.82) is 0 Å². The number of methoxy groups -OCH3 is 1. The van der Waals surface area contributed by atoms with Crippen molar-refractivity contribution in [2.24, 2.45) is 0 Å². The molecule has 19 heavy (non-hydrogen) atoms. The molecule has 2 heteroatoms. The Balaban J connectivity index is 2.14. The summed E-state index contributed by atoms with van der Waals surface area (Å²) >= 11 is 0. The van der Waals surface area contributed by atoms with Crippen LogP contribution in [0.3, 0.4) is 0 Å². The Morgan fingerprint density at radius 1 is 1.16 bits per heavy atom. The van der Waals surface area contributed by atoms with E-state index < -0.39 is 0 Å². The zero-order chi connectivity index (χ0) is 13.4. The first-order chi connectivity index (χ1) is 9.20. The third-order valence-electron chi connectivity index (χ3n) is 3.44. The predicted molar refractivity (Wildman–Crippen MR) is 77.6 cm³/mol. The smallest absolute Gasteiger partial charge is 0.333 e. The number of esters is 1. The molecule has 0 aromatic heterocycles. The van der Waals surface area contributed by atoms with E-state index in [2.05, 4.69) is 36.4 Å². The molecule has 0 atom stereocenters. The molecule has 2 aromatic carbocycles. The van der Waals surface area contributed by atoms with Gasteiger partial charge in [0.2, 0.25) is 0 Å². The van der Waals surface area contributed by atoms with E-state index in [1.54, 1.807) is 6.92 Å². The second-order valence-corrected chi connectivity index (χ2v) is 4.67. The lowest BCUT2D eigenvalue weighted by atomic mass is 10.0. The summed E-state index contributed by atoms with van der Waals surface area (Å²) in [5.41, 5.74) is 4.06. The molecule has 0 saturated heterocycles. The minimum Gasteiger partial charge on any atom is -0.466 e. The standard InChI is InChI=1S/C17H14O2/c1-11(17(18)19-2)9-14-10-13-7-3-5-12-6-4-8-15(14)16(12)13/h3-10H,1-2H3. The number of ether oxygens (including phenoxy) is 1. The van der Waals surface area contributed by atoms with Crippen molar-refractivity contribution in [2.45, 2.75) is 6.92 Å². The fourth-order valence-electron chi connectivity index (χ4n) is 2.55. The highest BCUT2D eigenvalue weighted by Gasteiger charge is 2.15. The molecule has 0 spiro atoms. The Kier molecular flexibility index (Phi) is 2.71. The first-order valence-corrected chi connectivity index (χ1v) is 6.21. The van der Waals surface area contributed by atoms with Gasteiger partial charge in [-0.1, -0.05) is 36.4 Å². The fraction of sp³-hybridized carbons (Fsp3) is 0.118. The van der Waals surface area contributed by atoms with Gasteiger partial charge >= 0.3 is 5.97 Å². The second-order valence-electron chi connectivity index (χ2n) is 4.67. The van der Waals surface area contributed by atoms with Crippen LogP contribution in [0.1, 0.15) is 18.1 Å². The maximum Gasteiger partial charge on any atom is 0.333 e. The lowest BCUT2D eigenvalue weighted by Crippen LogP contribution is -2.01. The van der Waals surface area contributed by atoms with Crippen LogP contribution >= 0.6 is 0 Å². The molecule has 0 amide bonds. The Morgan fingerprint density at radius 3 is 2.63 bits per heavy atom. The highest BCUT2D eigenvalue weighted by atomic mass is 16.5. The Hall–Kier alpha value is -2.35. The van der Waals surface area contributed by atoms with E-state index in [0.29, 0.717) is 5.57 Å². The summed E-state index contributed by atoms with van der Waals surface area (Å²) in [5.74, 6) is -0.288. The molecule has 0 unspecified atom stereocenters. The molecule has 0 heterocycles. The Morgan fingerprint density at radius 2 is 1.89 bits per heavy atom. The summed E-state index contributed by atoms with van der Waals surface area (Å²) < 4.78 is 4.74. The van der Waals surface area contributed by atoms with E-state index >= 15 is 0 Å². The zero-order valence-electron chi connectivity index (χ0n) is 10.9. The molecule has 2 aromatic rings. The Labute approximate surface area is 112 Å². The normalized spacial score (nSPS) is 13.6. The molecule has 94 valence electrons. The summed E-state index contributed by atoms with van der Waals surface area (Å²) in [6.45, 7) is 1.77. The quantitative estimate of drug-likeness (QED) is 0.598. The highest BCUT2D eigenvalue weighted by molar-refractivity contribution is 6.12. The SMILES string of the molecule is COC(=O)C(C)=CC1=Cc2cccc3cccc1c23. The average molecular weight is 250 g/mol. The van der Waals surface area contributed by atoms with Crippen molar-refractivity contribution in [1.82, 2.24) is 0 Å². The van der Waals surface area contributed by atoms with Gasteiger partial charge in [-0.2, -0.15) is 0 Å². The van der Waals surface area contributed by atoms with Gasteiger partial charge in [-0.05, 0) is 46.5 Å². The molecule has 0 aliphatic heterocycles. The number of hydrogen-bond acceptors (Lipinski definition) is 2. The van der Waals surface area contributed by atoms with E-state index in [0.717, 1.165) is 5.57 Å². The number of benzene rings is 2. The van der Waals surface area contributed by atoms with E-state index in [1.807, 2.05) is 12.1 Å². The van der Waals surface area contributed by atoms with Gasteiger partial charge in [0.15, 0.2) is 0 Å². The number of allylic oxidation sites excluding steroid dienone is 2. The van der Waals surface area contributed by atoms with Gasteiger partial charge in [0.05, 0.1) is 7.11 Å². The van der Waals surface area contributed by atoms with Crippen LogP contribution < -0.4 is 0 Å². The molecule has 0 radical (unpaired) electrons. The topological polar surface area (TPSA) is 26.3 Å². The molecule has 2 nitrogen and oxygen atoms in total. The summed E-state index contributed by atoms with van der Waals surface area (Å²) in [4.78, 5) is 11.5. The summed E-state index contributed by atoms with van der Waals surface area (Å²) in [7, 11) is 1.40. The molecule has 0 N–H and O–H groups in total. The van der Waals surface area contributed by atoms with Gasteiger partial charge in [0, 0.05) is 5.57 Å². The van der Waals surface area contributed by atoms with Crippen LogP contribution in [0.15, 0.2) is 48.0 Å². The van der Waals surface area contributed by atoms with Gasteiger partial charge in [0.25, 0.3) is 0 Å². The van der Waals surface area contributed by atoms with Crippen LogP contribution in [-0.4, -0.2) is 13.1 Å². The van der Waals surface area contributed by atoms with E-state index in [-0.39, 0.29) is 5.97 Å². The molecule has 3 rings (SSSR count). The lowest BCUT2D eigenvalue weighted by Gasteiger charge is -2.03. The van der Waals surface area contributed by atoms with Crippen molar-refractivity contribution in [2.75, 3.05) is 7.11 Å². The highest BCUT2D eigenvalue weighted by Crippen LogP contribution is 2.37. The lowest BCUT2D eigenvalue weighted by molar-refractivity contribution is -0.136. The first kappa shape index (κ1) is 11.7. The van der Waals surface area contributed by atoms with Crippen LogP contribution in [-0.2, 0) is 9.53 Å². The van der Waals surface area contributed by atoms with Crippen LogP contribution in [0.4, 0.5) is 0 Å². The molecule has 0 saturated carbocycles. The van der Waals surface area contributed by atoms with E-state index in [1.165, 1.54) is 29.0 Å². The number of carbonyl (C=O) groups is 1. The van der Waals surface area contributed by atoms with Crippen molar-refractivity contribution in [3.05, 3.63) is 59.2 Å². The molecule has 0 fully saturated rings. The largest absolute Gasteiger partial charge is 0.466 e. The fourth-order valence-corrected chi connectivity index (χ4v) is 2.55. The van der Waals surface area contributed by atoms with Crippen molar-refractivity contribution < 1.29 is 9.53 Å². The van der Waals surface area contributed by atoms with Gasteiger partial charge in [-0.3, -0.25) is 0 Å². The van der Waals surface area contributed by atoms with Gasteiger partial charge in [-0.25, -0.2) is 4.79 Å². The monoisotopic (exact) mass is 250 g/mol. The van der Waals surface area contributed by atoms with Crippen molar-refractivity contribution in [3.8, 4) is 0 Å². The van der Waals surface area contributed by atoms with Crippen LogP contribution in [0.5, 0.6) is 0 Å². The number of hydrogen-bond donors (Lipinski definition) is 0. The van der Waals surface area contributed by atoms with Crippen LogP contribution in [0.25, 0.3) is 22.4 Å². The molecule has 1 aliphatic rings.